The molecule has 0 saturated carbocycles. The Morgan fingerprint density at radius 2 is 0.804 bits per heavy atom. The molecule has 4 atom stereocenters. The largest absolute Gasteiger partial charge is 0.481 e. The van der Waals surface area contributed by atoms with Crippen molar-refractivity contribution in [3.05, 3.63) is 0 Å². The smallest absolute Gasteiger partial charge is 0.326 e. The first-order chi connectivity index (χ1) is 21.5. The molecule has 0 fully saturated rings. The van der Waals surface area contributed by atoms with Gasteiger partial charge in [-0.15, -0.1) is 0 Å². The Bertz CT molecular complexity index is 991. The van der Waals surface area contributed by atoms with Crippen LogP contribution in [0.5, 0.6) is 0 Å². The molecule has 0 unspecified atom stereocenters. The summed E-state index contributed by atoms with van der Waals surface area (Å²) in [4.78, 5) is 95.7. The van der Waals surface area contributed by atoms with E-state index in [1.807, 2.05) is 0 Å². The Kier molecular flexibility index (Phi) is 21.1. The molecule has 0 saturated heterocycles. The van der Waals surface area contributed by atoms with E-state index in [9.17, 15) is 48.6 Å². The lowest BCUT2D eigenvalue weighted by Gasteiger charge is -2.24. The summed E-state index contributed by atoms with van der Waals surface area (Å²) in [5, 5.41) is 46.4. The van der Waals surface area contributed by atoms with Gasteiger partial charge in [0.25, 0.3) is 0 Å². The molecule has 262 valence electrons. The number of carboxylic acids is 4. The number of carboxylic acid groups (broad SMARTS) is 4. The topological polar surface area (TPSA) is 266 Å². The zero-order valence-corrected chi connectivity index (χ0v) is 28.0. The number of carbonyl (C=O) groups excluding carboxylic acids is 4. The third kappa shape index (κ3) is 19.1. The van der Waals surface area contributed by atoms with Gasteiger partial charge in [-0.05, 0) is 37.5 Å². The summed E-state index contributed by atoms with van der Waals surface area (Å²) in [7, 11) is 2.08. The SMILES string of the molecule is CC(C)[C@@H](NC(=O)[C@H](CSSC[C@H](NC(=O)CCCCC(=O)O)C(=O)N[C@@H](C(=O)O)C(C)C)NC(=O)CCCCC(=O)O)C(=O)O. The van der Waals surface area contributed by atoms with E-state index in [-0.39, 0.29) is 62.9 Å². The monoisotopic (exact) mass is 694 g/mol. The number of hydrogen-bond donors (Lipinski definition) is 8. The van der Waals surface area contributed by atoms with Crippen LogP contribution in [0.25, 0.3) is 0 Å². The summed E-state index contributed by atoms with van der Waals surface area (Å²) in [5.74, 6) is -8.28. The Balaban J connectivity index is 5.58. The maximum absolute atomic E-state index is 13.0. The Morgan fingerprint density at radius 3 is 1.07 bits per heavy atom. The van der Waals surface area contributed by atoms with Crippen molar-refractivity contribution >= 4 is 69.1 Å². The third-order valence-corrected chi connectivity index (χ3v) is 8.83. The molecule has 4 amide bonds. The van der Waals surface area contributed by atoms with Crippen molar-refractivity contribution in [2.24, 2.45) is 11.8 Å². The first kappa shape index (κ1) is 42.5. The predicted molar refractivity (Wildman–Crippen MR) is 170 cm³/mol. The summed E-state index contributed by atoms with van der Waals surface area (Å²) in [6.45, 7) is 6.39. The Labute approximate surface area is 275 Å². The van der Waals surface area contributed by atoms with Crippen LogP contribution in [0.15, 0.2) is 0 Å². The Hall–Kier alpha value is -3.54. The highest BCUT2D eigenvalue weighted by atomic mass is 33.1. The number of carbonyl (C=O) groups is 8. The highest BCUT2D eigenvalue weighted by Gasteiger charge is 2.30. The molecular formula is C28H46N4O12S2. The van der Waals surface area contributed by atoms with Gasteiger partial charge in [0.15, 0.2) is 0 Å². The quantitative estimate of drug-likeness (QED) is 0.0491. The van der Waals surface area contributed by atoms with Crippen molar-refractivity contribution in [2.45, 2.75) is 103 Å². The van der Waals surface area contributed by atoms with E-state index in [0.29, 0.717) is 0 Å². The maximum atomic E-state index is 13.0. The molecule has 0 aliphatic carbocycles. The minimum Gasteiger partial charge on any atom is -0.481 e. The molecular weight excluding hydrogens is 648 g/mol. The Morgan fingerprint density at radius 1 is 0.500 bits per heavy atom. The summed E-state index contributed by atoms with van der Waals surface area (Å²) in [6.07, 6.45) is 0.593. The summed E-state index contributed by atoms with van der Waals surface area (Å²) in [5.41, 5.74) is 0. The molecule has 46 heavy (non-hydrogen) atoms. The van der Waals surface area contributed by atoms with Gasteiger partial charge in [0.2, 0.25) is 23.6 Å². The van der Waals surface area contributed by atoms with E-state index >= 15 is 0 Å². The number of rotatable bonds is 25. The second-order valence-corrected chi connectivity index (χ2v) is 13.7. The molecule has 0 bridgehead atoms. The molecule has 0 heterocycles. The highest BCUT2D eigenvalue weighted by molar-refractivity contribution is 8.76. The average molecular weight is 695 g/mol. The molecule has 0 aliphatic heterocycles. The molecule has 8 N–H and O–H groups in total. The number of hydrogen-bond acceptors (Lipinski definition) is 10. The van der Waals surface area contributed by atoms with Gasteiger partial charge in [0, 0.05) is 37.2 Å². The van der Waals surface area contributed by atoms with Gasteiger partial charge in [0.05, 0.1) is 0 Å². The van der Waals surface area contributed by atoms with E-state index in [4.69, 9.17) is 10.2 Å². The molecule has 0 aromatic heterocycles. The van der Waals surface area contributed by atoms with Gasteiger partial charge in [-0.3, -0.25) is 28.8 Å². The van der Waals surface area contributed by atoms with Crippen LogP contribution in [0.1, 0.15) is 79.1 Å². The lowest BCUT2D eigenvalue weighted by atomic mass is 10.0. The first-order valence-electron chi connectivity index (χ1n) is 14.8. The van der Waals surface area contributed by atoms with Crippen LogP contribution < -0.4 is 21.3 Å². The van der Waals surface area contributed by atoms with Crippen LogP contribution >= 0.6 is 21.6 Å². The van der Waals surface area contributed by atoms with E-state index in [0.717, 1.165) is 21.6 Å². The van der Waals surface area contributed by atoms with Crippen molar-refractivity contribution in [1.29, 1.82) is 0 Å². The van der Waals surface area contributed by atoms with Crippen molar-refractivity contribution in [3.8, 4) is 0 Å². The third-order valence-electron chi connectivity index (χ3n) is 6.41. The second kappa shape index (κ2) is 22.9. The molecule has 16 nitrogen and oxygen atoms in total. The van der Waals surface area contributed by atoms with Crippen LogP contribution in [-0.4, -0.2) is 104 Å². The van der Waals surface area contributed by atoms with Crippen LogP contribution in [0, 0.1) is 11.8 Å². The zero-order valence-electron chi connectivity index (χ0n) is 26.4. The predicted octanol–water partition coefficient (Wildman–Crippen LogP) is 1.08. The number of unbranched alkanes of at least 4 members (excludes halogenated alkanes) is 2. The van der Waals surface area contributed by atoms with Crippen LogP contribution in [0.3, 0.4) is 0 Å². The molecule has 0 rings (SSSR count). The molecule has 0 aromatic rings. The van der Waals surface area contributed by atoms with Gasteiger partial charge >= 0.3 is 23.9 Å². The zero-order chi connectivity index (χ0) is 35.4. The molecule has 18 heteroatoms. The standard InChI is InChI=1S/C28H46N4O12S2/c1-15(2)23(27(41)42)31-25(39)17(29-19(33)9-5-7-11-21(35)36)13-45-46-14-18(26(40)32-24(16(3)4)28(43)44)30-20(34)10-6-8-12-22(37)38/h15-18,23-24H,5-14H2,1-4H3,(H,29,33)(H,30,34)(H,31,39)(H,32,40)(H,35,36)(H,37,38)(H,41,42)(H,43,44)/t17-,18-,23+,24+/m0/s1. The maximum Gasteiger partial charge on any atom is 0.326 e. The minimum atomic E-state index is -1.27. The lowest BCUT2D eigenvalue weighted by Crippen LogP contribution is -2.54. The van der Waals surface area contributed by atoms with Crippen molar-refractivity contribution in [3.63, 3.8) is 0 Å². The minimum absolute atomic E-state index is 0.0667. The van der Waals surface area contributed by atoms with E-state index < -0.39 is 83.5 Å². The molecule has 0 radical (unpaired) electrons. The van der Waals surface area contributed by atoms with E-state index in [1.54, 1.807) is 27.7 Å². The molecule has 0 spiro atoms. The summed E-state index contributed by atoms with van der Waals surface area (Å²) in [6, 6.07) is -4.86. The second-order valence-electron chi connectivity index (χ2n) is 11.1. The average Bonchev–Trinajstić information content (AvgIpc) is 2.94. The van der Waals surface area contributed by atoms with Crippen LogP contribution in [-0.2, 0) is 38.4 Å². The van der Waals surface area contributed by atoms with Crippen molar-refractivity contribution < 1.29 is 58.8 Å². The first-order valence-corrected chi connectivity index (χ1v) is 17.3. The normalized spacial score (nSPS) is 13.6. The summed E-state index contributed by atoms with van der Waals surface area (Å²) < 4.78 is 0. The van der Waals surface area contributed by atoms with Crippen molar-refractivity contribution in [2.75, 3.05) is 11.5 Å². The van der Waals surface area contributed by atoms with Gasteiger partial charge in [0.1, 0.15) is 24.2 Å². The number of aliphatic carboxylic acids is 4. The van der Waals surface area contributed by atoms with Crippen molar-refractivity contribution in [1.82, 2.24) is 21.3 Å². The van der Waals surface area contributed by atoms with Gasteiger partial charge in [-0.1, -0.05) is 49.3 Å². The van der Waals surface area contributed by atoms with E-state index in [1.165, 1.54) is 0 Å². The fourth-order valence-electron chi connectivity index (χ4n) is 3.79. The molecule has 0 aliphatic rings. The number of amides is 4. The van der Waals surface area contributed by atoms with E-state index in [2.05, 4.69) is 21.3 Å². The lowest BCUT2D eigenvalue weighted by molar-refractivity contribution is -0.143. The van der Waals surface area contributed by atoms with Gasteiger partial charge in [-0.25, -0.2) is 9.59 Å². The van der Waals surface area contributed by atoms with Crippen LogP contribution in [0.2, 0.25) is 0 Å². The summed E-state index contributed by atoms with van der Waals surface area (Å²) >= 11 is 0. The van der Waals surface area contributed by atoms with Crippen LogP contribution in [0.4, 0.5) is 0 Å². The fraction of sp³-hybridized carbons (Fsp3) is 0.714. The molecule has 0 aromatic carbocycles. The van der Waals surface area contributed by atoms with Gasteiger partial charge < -0.3 is 41.7 Å². The van der Waals surface area contributed by atoms with Gasteiger partial charge in [-0.2, -0.15) is 0 Å². The fourth-order valence-corrected chi connectivity index (χ4v) is 6.12. The number of nitrogens with one attached hydrogen (secondary N) is 4. The highest BCUT2D eigenvalue weighted by Crippen LogP contribution is 2.24.